The van der Waals surface area contributed by atoms with Gasteiger partial charge in [-0.2, -0.15) is 0 Å². The van der Waals surface area contributed by atoms with Gasteiger partial charge in [0, 0.05) is 24.3 Å². The minimum Gasteiger partial charge on any atom is -0.462 e. The molecule has 4 aliphatic rings. The van der Waals surface area contributed by atoms with Gasteiger partial charge in [0.2, 0.25) is 11.8 Å². The molecular weight excluding hydrogens is 803 g/mol. The minimum atomic E-state index is -0.522. The van der Waals surface area contributed by atoms with Gasteiger partial charge in [0.15, 0.2) is 0 Å². The first kappa shape index (κ1) is 52.9. The second-order valence-corrected chi connectivity index (χ2v) is 22.7. The Labute approximate surface area is 381 Å². The van der Waals surface area contributed by atoms with Crippen LogP contribution in [0.5, 0.6) is 0 Å². The van der Waals surface area contributed by atoms with Crippen LogP contribution in [-0.2, 0) is 38.1 Å². The molecule has 0 aromatic carbocycles. The van der Waals surface area contributed by atoms with Crippen LogP contribution in [0.2, 0.25) is 0 Å². The lowest BCUT2D eigenvalue weighted by Crippen LogP contribution is -2.58. The fraction of sp³-hybridized carbons (Fsp3) is 0.900. The number of amides is 2. The second-order valence-electron chi connectivity index (χ2n) is 21.7. The molecule has 11 nitrogen and oxygen atoms in total. The molecule has 0 radical (unpaired) electrons. The number of thioether (sulfide) groups is 1. The predicted octanol–water partition coefficient (Wildman–Crippen LogP) is 8.51. The van der Waals surface area contributed by atoms with E-state index in [4.69, 9.17) is 29.4 Å². The number of hydrogen-bond acceptors (Lipinski definition) is 10. The number of esters is 1. The van der Waals surface area contributed by atoms with E-state index >= 15 is 0 Å². The fourth-order valence-corrected chi connectivity index (χ4v) is 12.2. The van der Waals surface area contributed by atoms with E-state index < -0.39 is 11.9 Å². The summed E-state index contributed by atoms with van der Waals surface area (Å²) in [5.74, 6) is 4.91. The highest BCUT2D eigenvalue weighted by Gasteiger charge is 2.59. The first-order valence-corrected chi connectivity index (χ1v) is 25.6. The summed E-state index contributed by atoms with van der Waals surface area (Å²) in [6.45, 7) is 26.6. The van der Waals surface area contributed by atoms with E-state index in [0.717, 1.165) is 54.8 Å². The summed E-state index contributed by atoms with van der Waals surface area (Å²) in [5.41, 5.74) is 7.54. The zero-order valence-corrected chi connectivity index (χ0v) is 41.5. The molecule has 62 heavy (non-hydrogen) atoms. The molecule has 0 heterocycles. The van der Waals surface area contributed by atoms with E-state index in [-0.39, 0.29) is 46.5 Å². The first-order chi connectivity index (χ1) is 29.3. The summed E-state index contributed by atoms with van der Waals surface area (Å²) < 4.78 is 28.4. The fourth-order valence-electron chi connectivity index (χ4n) is 11.3. The Balaban J connectivity index is 0.977. The van der Waals surface area contributed by atoms with Gasteiger partial charge in [0.25, 0.3) is 0 Å². The number of carbonyl (C=O) groups is 3. The van der Waals surface area contributed by atoms with Crippen LogP contribution in [0.25, 0.3) is 0 Å². The zero-order chi connectivity index (χ0) is 45.6. The van der Waals surface area contributed by atoms with Crippen LogP contribution in [0.15, 0.2) is 11.6 Å². The lowest BCUT2D eigenvalue weighted by molar-refractivity contribution is -0.153. The molecule has 3 fully saturated rings. The average molecular weight is 892 g/mol. The van der Waals surface area contributed by atoms with Gasteiger partial charge in [0.1, 0.15) is 6.10 Å². The van der Waals surface area contributed by atoms with Crippen molar-refractivity contribution in [1.29, 1.82) is 0 Å². The number of nitrogens with one attached hydrogen (secondary N) is 2. The van der Waals surface area contributed by atoms with Crippen molar-refractivity contribution in [2.24, 2.45) is 57.5 Å². The van der Waals surface area contributed by atoms with Gasteiger partial charge in [-0.3, -0.25) is 19.7 Å². The molecule has 12 heteroatoms. The van der Waals surface area contributed by atoms with Crippen molar-refractivity contribution < 1.29 is 38.1 Å². The quantitative estimate of drug-likeness (QED) is 0.0397. The number of primary amides is 1. The maximum Gasteiger partial charge on any atom is 0.308 e. The van der Waals surface area contributed by atoms with Crippen LogP contribution >= 0.6 is 11.8 Å². The molecule has 0 bridgehead atoms. The number of rotatable bonds is 28. The molecule has 0 aliphatic heterocycles. The van der Waals surface area contributed by atoms with Gasteiger partial charge in [0.05, 0.1) is 71.1 Å². The number of carbonyl (C=O) groups excluding carboxylic acids is 3. The van der Waals surface area contributed by atoms with Crippen LogP contribution in [0.4, 0.5) is 0 Å². The van der Waals surface area contributed by atoms with Gasteiger partial charge in [-0.05, 0) is 111 Å². The van der Waals surface area contributed by atoms with Crippen molar-refractivity contribution in [3.8, 4) is 0 Å². The topological polar surface area (TPSA) is 147 Å². The van der Waals surface area contributed by atoms with Crippen molar-refractivity contribution >= 4 is 29.5 Å². The monoisotopic (exact) mass is 892 g/mol. The Morgan fingerprint density at radius 3 is 2.11 bits per heavy atom. The lowest BCUT2D eigenvalue weighted by atomic mass is 9.47. The molecule has 9 atom stereocenters. The average Bonchev–Trinajstić information content (AvgIpc) is 3.55. The zero-order valence-electron chi connectivity index (χ0n) is 40.7. The maximum atomic E-state index is 12.8. The van der Waals surface area contributed by atoms with E-state index in [1.54, 1.807) is 5.57 Å². The van der Waals surface area contributed by atoms with Crippen molar-refractivity contribution in [1.82, 2.24) is 10.6 Å². The number of allylic oxidation sites excluding steroid dienone is 1. The Bertz CT molecular complexity index is 1430. The Hall–Kier alpha value is -1.70. The maximum absolute atomic E-state index is 12.8. The molecule has 0 saturated heterocycles. The molecule has 4 N–H and O–H groups in total. The molecule has 358 valence electrons. The molecule has 0 aromatic rings. The third kappa shape index (κ3) is 15.2. The number of hydrogen-bond donors (Lipinski definition) is 3. The first-order valence-electron chi connectivity index (χ1n) is 24.4. The van der Waals surface area contributed by atoms with E-state index in [1.807, 2.05) is 13.8 Å². The van der Waals surface area contributed by atoms with Gasteiger partial charge < -0.3 is 34.7 Å². The summed E-state index contributed by atoms with van der Waals surface area (Å²) >= 11 is 1.37. The summed E-state index contributed by atoms with van der Waals surface area (Å²) in [5, 5.41) is 6.18. The van der Waals surface area contributed by atoms with Crippen molar-refractivity contribution in [2.75, 3.05) is 70.9 Å². The van der Waals surface area contributed by atoms with Crippen molar-refractivity contribution in [2.45, 2.75) is 164 Å². The molecule has 0 aromatic heterocycles. The molecule has 4 unspecified atom stereocenters. The molecule has 4 rings (SSSR count). The van der Waals surface area contributed by atoms with E-state index in [2.05, 4.69) is 72.1 Å². The molecule has 0 spiro atoms. The summed E-state index contributed by atoms with van der Waals surface area (Å²) in [4.78, 5) is 37.0. The van der Waals surface area contributed by atoms with Crippen molar-refractivity contribution in [3.05, 3.63) is 11.6 Å². The summed E-state index contributed by atoms with van der Waals surface area (Å²) in [6.07, 6.45) is 16.7. The second kappa shape index (κ2) is 24.7. The Morgan fingerprint density at radius 2 is 1.48 bits per heavy atom. The Kier molecular flexibility index (Phi) is 21.1. The summed E-state index contributed by atoms with van der Waals surface area (Å²) in [6, 6.07) is -0.522. The van der Waals surface area contributed by atoms with E-state index in [1.165, 1.54) is 63.1 Å². The smallest absolute Gasteiger partial charge is 0.308 e. The standard InChI is InChI=1S/C50H89N3O8S/c1-35(2)12-11-13-36(3)40-16-17-41-39-15-14-37-32-38(18-21-49(37,9)42(39)19-22-50(40,41)10)61-45(55)20-24-57-26-28-59-30-31-60-29-27-58-25-23-52-44(54)34-62-33-43(46(51)56)53-48(7,8)47(4,5)6/h14,35-36,38-43,53H,11-13,15-34H2,1-10H3,(H2,51,56)(H,52,54)/t36-,38?,39+,40?,41?,42?,43+,49+,50-/m1/s1. The van der Waals surface area contributed by atoms with Crippen LogP contribution in [0.1, 0.15) is 146 Å². The minimum absolute atomic E-state index is 0.0246. The third-order valence-electron chi connectivity index (χ3n) is 16.0. The highest BCUT2D eigenvalue weighted by Crippen LogP contribution is 2.67. The highest BCUT2D eigenvalue weighted by molar-refractivity contribution is 8.00. The Morgan fingerprint density at radius 1 is 0.839 bits per heavy atom. The predicted molar refractivity (Wildman–Crippen MR) is 251 cm³/mol. The van der Waals surface area contributed by atoms with Crippen LogP contribution in [-0.4, -0.2) is 106 Å². The molecule has 4 aliphatic carbocycles. The normalized spacial score (nSPS) is 28.4. The van der Waals surface area contributed by atoms with Crippen LogP contribution < -0.4 is 16.4 Å². The van der Waals surface area contributed by atoms with E-state index in [9.17, 15) is 14.4 Å². The SMILES string of the molecule is CC(C)CCC[C@@H](C)C1CCC2[C@@H]3CC=C4CC(OC(=O)CCOCCOCCOCCOCCNC(=O)CSC[C@H](NC(C)(C)C(C)(C)C)C(N)=O)CC[C@]4(C)C3CC[C@@]21C. The van der Waals surface area contributed by atoms with Gasteiger partial charge in [-0.1, -0.05) is 86.3 Å². The third-order valence-corrected chi connectivity index (χ3v) is 17.0. The largest absolute Gasteiger partial charge is 0.462 e. The molecule has 2 amide bonds. The van der Waals surface area contributed by atoms with Crippen molar-refractivity contribution in [3.63, 3.8) is 0 Å². The van der Waals surface area contributed by atoms with Gasteiger partial charge >= 0.3 is 5.97 Å². The number of fused-ring (bicyclic) bond motifs is 5. The van der Waals surface area contributed by atoms with Crippen LogP contribution in [0.3, 0.4) is 0 Å². The van der Waals surface area contributed by atoms with Gasteiger partial charge in [-0.15, -0.1) is 11.8 Å². The lowest BCUT2D eigenvalue weighted by Gasteiger charge is -2.58. The molecule has 3 saturated carbocycles. The van der Waals surface area contributed by atoms with E-state index in [0.29, 0.717) is 70.6 Å². The number of nitrogens with two attached hydrogens (primary N) is 1. The highest BCUT2D eigenvalue weighted by atomic mass is 32.2. The molecular formula is C50H89N3O8S. The summed E-state index contributed by atoms with van der Waals surface area (Å²) in [7, 11) is 0. The van der Waals surface area contributed by atoms with Gasteiger partial charge in [-0.25, -0.2) is 0 Å². The number of ether oxygens (including phenoxy) is 5. The van der Waals surface area contributed by atoms with Crippen LogP contribution in [0, 0.1) is 51.8 Å².